The lowest BCUT2D eigenvalue weighted by molar-refractivity contribution is 0.0697. The van der Waals surface area contributed by atoms with E-state index < -0.39 is 10.0 Å². The minimum absolute atomic E-state index is 0.124. The molecular weight excluding hydrogens is 446 g/mol. The van der Waals surface area contributed by atoms with E-state index in [9.17, 15) is 13.2 Å². The average Bonchev–Trinajstić information content (AvgIpc) is 3.42. The highest BCUT2D eigenvalue weighted by molar-refractivity contribution is 7.89. The maximum absolute atomic E-state index is 13.2. The summed E-state index contributed by atoms with van der Waals surface area (Å²) >= 11 is 1.43. The van der Waals surface area contributed by atoms with Gasteiger partial charge in [0.05, 0.1) is 5.69 Å². The molecule has 1 saturated heterocycles. The number of hydrogen-bond donors (Lipinski definition) is 2. The summed E-state index contributed by atoms with van der Waals surface area (Å²) in [5.41, 5.74) is 2.41. The summed E-state index contributed by atoms with van der Waals surface area (Å²) in [5.74, 6) is 2.43. The summed E-state index contributed by atoms with van der Waals surface area (Å²) in [7, 11) is -3.70. The van der Waals surface area contributed by atoms with Crippen molar-refractivity contribution in [2.75, 3.05) is 26.2 Å². The number of terminal acetylenes is 1. The zero-order valence-electron chi connectivity index (χ0n) is 17.6. The Morgan fingerprint density at radius 2 is 2.03 bits per heavy atom. The summed E-state index contributed by atoms with van der Waals surface area (Å²) in [6, 6.07) is 7.30. The van der Waals surface area contributed by atoms with Crippen molar-refractivity contribution in [2.24, 2.45) is 0 Å². The van der Waals surface area contributed by atoms with Crippen molar-refractivity contribution in [1.82, 2.24) is 24.5 Å². The smallest absolute Gasteiger partial charge is 0.282 e. The van der Waals surface area contributed by atoms with Crippen LogP contribution in [0.25, 0.3) is 10.9 Å². The van der Waals surface area contributed by atoms with Crippen LogP contribution in [-0.4, -0.2) is 65.7 Å². The summed E-state index contributed by atoms with van der Waals surface area (Å²) in [6.07, 6.45) is 6.26. The molecule has 0 aliphatic carbocycles. The number of thiazole rings is 1. The first-order valence-electron chi connectivity index (χ1n) is 10.5. The van der Waals surface area contributed by atoms with E-state index in [0.717, 1.165) is 28.9 Å². The number of aromatic amines is 1. The third-order valence-corrected chi connectivity index (χ3v) is 8.88. The topological polar surface area (TPSA) is 98.4 Å². The number of carbonyl (C=O) groups is 1. The van der Waals surface area contributed by atoms with Crippen molar-refractivity contribution >= 4 is 38.2 Å². The standard InChI is InChI=1S/C22H23N5O3S2/c1-3-15-4-5-17-16(11-15)12-20(24-17)32(29,30)27-8-6-26(7-9-27)22(28)21-25-18-10-14(2)23-13-19(18)31-21/h1,4-5,11-12,14,23-24H,6-10,13H2,2H3. The van der Waals surface area contributed by atoms with Crippen LogP contribution in [0.1, 0.15) is 32.9 Å². The van der Waals surface area contributed by atoms with E-state index in [2.05, 4.69) is 28.1 Å². The Labute approximate surface area is 190 Å². The fraction of sp³-hybridized carbons (Fsp3) is 0.364. The lowest BCUT2D eigenvalue weighted by atomic mass is 10.1. The van der Waals surface area contributed by atoms with Crippen LogP contribution in [0.3, 0.4) is 0 Å². The number of carbonyl (C=O) groups excluding carboxylic acids is 1. The monoisotopic (exact) mass is 469 g/mol. The normalized spacial score (nSPS) is 19.6. The highest BCUT2D eigenvalue weighted by atomic mass is 32.2. The number of piperazine rings is 1. The summed E-state index contributed by atoms with van der Waals surface area (Å²) in [5, 5.41) is 4.76. The maximum atomic E-state index is 13.2. The molecule has 2 aromatic heterocycles. The van der Waals surface area contributed by atoms with Gasteiger partial charge in [0.1, 0.15) is 5.03 Å². The number of benzene rings is 1. The second-order valence-electron chi connectivity index (χ2n) is 8.15. The van der Waals surface area contributed by atoms with Crippen molar-refractivity contribution < 1.29 is 13.2 Å². The molecular formula is C22H23N5O3S2. The van der Waals surface area contributed by atoms with Crippen LogP contribution in [0.15, 0.2) is 29.3 Å². The number of nitrogens with zero attached hydrogens (tertiary/aromatic N) is 3. The van der Waals surface area contributed by atoms with E-state index in [1.54, 1.807) is 29.2 Å². The first-order chi connectivity index (χ1) is 15.3. The SMILES string of the molecule is C#Cc1ccc2[nH]c(S(=O)(=O)N3CCN(C(=O)c4nc5c(s4)CNC(C)C5)CC3)cc2c1. The Morgan fingerprint density at radius 1 is 1.25 bits per heavy atom. The van der Waals surface area contributed by atoms with E-state index >= 15 is 0 Å². The molecule has 4 heterocycles. The third kappa shape index (κ3) is 3.71. The van der Waals surface area contributed by atoms with Gasteiger partial charge < -0.3 is 15.2 Å². The molecule has 2 N–H and O–H groups in total. The number of sulfonamides is 1. The molecule has 0 radical (unpaired) electrons. The van der Waals surface area contributed by atoms with Gasteiger partial charge in [0.15, 0.2) is 5.01 Å². The van der Waals surface area contributed by atoms with Crippen LogP contribution < -0.4 is 5.32 Å². The average molecular weight is 470 g/mol. The summed E-state index contributed by atoms with van der Waals surface area (Å²) < 4.78 is 27.7. The molecule has 0 spiro atoms. The van der Waals surface area contributed by atoms with Gasteiger partial charge in [-0.05, 0) is 31.2 Å². The van der Waals surface area contributed by atoms with Crippen LogP contribution >= 0.6 is 11.3 Å². The van der Waals surface area contributed by atoms with Crippen LogP contribution in [0.4, 0.5) is 0 Å². The van der Waals surface area contributed by atoms with E-state index in [0.29, 0.717) is 35.2 Å². The Bertz CT molecular complexity index is 1340. The van der Waals surface area contributed by atoms with Crippen LogP contribution in [0.5, 0.6) is 0 Å². The molecule has 0 bridgehead atoms. The first kappa shape index (κ1) is 21.2. The number of fused-ring (bicyclic) bond motifs is 2. The number of nitrogens with one attached hydrogen (secondary N) is 2. The van der Waals surface area contributed by atoms with Crippen LogP contribution in [0.2, 0.25) is 0 Å². The highest BCUT2D eigenvalue weighted by Gasteiger charge is 2.33. The fourth-order valence-electron chi connectivity index (χ4n) is 4.14. The predicted octanol–water partition coefficient (Wildman–Crippen LogP) is 1.79. The van der Waals surface area contributed by atoms with Crippen molar-refractivity contribution in [2.45, 2.75) is 31.0 Å². The molecule has 1 atom stereocenters. The van der Waals surface area contributed by atoms with Crippen molar-refractivity contribution in [3.63, 3.8) is 0 Å². The molecule has 1 fully saturated rings. The Morgan fingerprint density at radius 3 is 2.78 bits per heavy atom. The Hall–Kier alpha value is -2.71. The molecule has 8 nitrogen and oxygen atoms in total. The number of H-pyrrole nitrogens is 1. The molecule has 0 saturated carbocycles. The minimum Gasteiger partial charge on any atom is -0.345 e. The molecule has 3 aromatic rings. The van der Waals surface area contributed by atoms with Gasteiger partial charge in [-0.15, -0.1) is 17.8 Å². The molecule has 1 unspecified atom stereocenters. The van der Waals surface area contributed by atoms with Crippen molar-refractivity contribution in [1.29, 1.82) is 0 Å². The van der Waals surface area contributed by atoms with Gasteiger partial charge in [-0.2, -0.15) is 4.31 Å². The zero-order chi connectivity index (χ0) is 22.5. The Kier molecular flexibility index (Phi) is 5.29. The molecule has 1 amide bonds. The maximum Gasteiger partial charge on any atom is 0.282 e. The molecule has 1 aromatic carbocycles. The van der Waals surface area contributed by atoms with Gasteiger partial charge in [-0.25, -0.2) is 13.4 Å². The molecule has 2 aliphatic rings. The molecule has 166 valence electrons. The number of aromatic nitrogens is 2. The number of rotatable bonds is 3. The van der Waals surface area contributed by atoms with E-state index in [-0.39, 0.29) is 24.0 Å². The van der Waals surface area contributed by atoms with E-state index in [1.807, 2.05) is 0 Å². The second kappa shape index (κ2) is 8.01. The largest absolute Gasteiger partial charge is 0.345 e. The van der Waals surface area contributed by atoms with Gasteiger partial charge in [0.25, 0.3) is 15.9 Å². The van der Waals surface area contributed by atoms with Crippen molar-refractivity contribution in [3.05, 3.63) is 45.4 Å². The summed E-state index contributed by atoms with van der Waals surface area (Å²) in [4.78, 5) is 23.3. The minimum atomic E-state index is -3.70. The van der Waals surface area contributed by atoms with E-state index in [4.69, 9.17) is 6.42 Å². The lowest BCUT2D eigenvalue weighted by Gasteiger charge is -2.33. The van der Waals surface area contributed by atoms with Gasteiger partial charge in [-0.3, -0.25) is 4.79 Å². The van der Waals surface area contributed by atoms with Gasteiger partial charge in [0.2, 0.25) is 0 Å². The fourth-order valence-corrected chi connectivity index (χ4v) is 6.59. The highest BCUT2D eigenvalue weighted by Crippen LogP contribution is 2.26. The molecule has 10 heteroatoms. The van der Waals surface area contributed by atoms with E-state index in [1.165, 1.54) is 15.6 Å². The second-order valence-corrected chi connectivity index (χ2v) is 11.1. The van der Waals surface area contributed by atoms with Gasteiger partial charge in [0, 0.05) is 66.5 Å². The molecule has 5 rings (SSSR count). The van der Waals surface area contributed by atoms with Crippen LogP contribution in [0, 0.1) is 12.3 Å². The zero-order valence-corrected chi connectivity index (χ0v) is 19.2. The number of amides is 1. The summed E-state index contributed by atoms with van der Waals surface area (Å²) in [6.45, 7) is 3.98. The molecule has 32 heavy (non-hydrogen) atoms. The van der Waals surface area contributed by atoms with Gasteiger partial charge >= 0.3 is 0 Å². The quantitative estimate of drug-likeness (QED) is 0.570. The first-order valence-corrected chi connectivity index (χ1v) is 12.7. The third-order valence-electron chi connectivity index (χ3n) is 5.98. The van der Waals surface area contributed by atoms with Gasteiger partial charge in [-0.1, -0.05) is 5.92 Å². The predicted molar refractivity (Wildman–Crippen MR) is 123 cm³/mol. The number of hydrogen-bond acceptors (Lipinski definition) is 6. The Balaban J connectivity index is 1.29. The molecule has 2 aliphatic heterocycles. The van der Waals surface area contributed by atoms with Crippen LogP contribution in [-0.2, 0) is 23.0 Å². The lowest BCUT2D eigenvalue weighted by Crippen LogP contribution is -2.50. The van der Waals surface area contributed by atoms with Crippen molar-refractivity contribution in [3.8, 4) is 12.3 Å².